The van der Waals surface area contributed by atoms with Gasteiger partial charge in [-0.15, -0.1) is 0 Å². The summed E-state index contributed by atoms with van der Waals surface area (Å²) in [5, 5.41) is 9.81. The first-order valence-corrected chi connectivity index (χ1v) is 6.86. The van der Waals surface area contributed by atoms with Gasteiger partial charge in [0, 0.05) is 13.1 Å². The van der Waals surface area contributed by atoms with Crippen LogP contribution >= 0.6 is 0 Å². The highest BCUT2D eigenvalue weighted by Gasteiger charge is 2.22. The van der Waals surface area contributed by atoms with Crippen molar-refractivity contribution in [2.24, 2.45) is 0 Å². The largest absolute Gasteiger partial charge is 0.453 e. The Balaban J connectivity index is 1.81. The lowest BCUT2D eigenvalue weighted by atomic mass is 10.1. The summed E-state index contributed by atoms with van der Waals surface area (Å²) in [7, 11) is 0. The summed E-state index contributed by atoms with van der Waals surface area (Å²) >= 11 is 0. The zero-order chi connectivity index (χ0) is 14.4. The van der Waals surface area contributed by atoms with E-state index in [0.29, 0.717) is 5.56 Å². The van der Waals surface area contributed by atoms with Gasteiger partial charge in [0.15, 0.2) is 12.7 Å². The van der Waals surface area contributed by atoms with Gasteiger partial charge in [0.25, 0.3) is 5.91 Å². The summed E-state index contributed by atoms with van der Waals surface area (Å²) in [5.74, 6) is -0.986. The molecule has 0 bridgehead atoms. The minimum absolute atomic E-state index is 0.196. The van der Waals surface area contributed by atoms with Crippen LogP contribution in [0, 0.1) is 0 Å². The maximum Gasteiger partial charge on any atom is 0.340 e. The summed E-state index contributed by atoms with van der Waals surface area (Å²) in [5.41, 5.74) is 0.461. The van der Waals surface area contributed by atoms with E-state index in [1.807, 2.05) is 0 Å². The molecule has 0 saturated carbocycles. The van der Waals surface area contributed by atoms with Gasteiger partial charge in [0.2, 0.25) is 0 Å². The lowest BCUT2D eigenvalue weighted by Crippen LogP contribution is -2.38. The number of likely N-dealkylation sites (tertiary alicyclic amines) is 1. The van der Waals surface area contributed by atoms with E-state index in [-0.39, 0.29) is 12.5 Å². The fourth-order valence-electron chi connectivity index (χ4n) is 2.22. The maximum atomic E-state index is 11.8. The number of aliphatic hydroxyl groups is 1. The third-order valence-corrected chi connectivity index (χ3v) is 3.39. The molecule has 0 aromatic heterocycles. The maximum absolute atomic E-state index is 11.8. The molecule has 0 radical (unpaired) electrons. The molecule has 1 unspecified atom stereocenters. The summed E-state index contributed by atoms with van der Waals surface area (Å²) < 4.78 is 4.89. The van der Waals surface area contributed by atoms with E-state index in [9.17, 15) is 14.7 Å². The molecule has 1 saturated heterocycles. The number of amides is 1. The first kappa shape index (κ1) is 14.5. The highest BCUT2D eigenvalue weighted by molar-refractivity contribution is 5.82. The number of carbonyl (C=O) groups excluding carboxylic acids is 2. The Morgan fingerprint density at radius 3 is 2.45 bits per heavy atom. The van der Waals surface area contributed by atoms with Crippen LogP contribution in [0.2, 0.25) is 0 Å². The number of piperidine rings is 1. The summed E-state index contributed by atoms with van der Waals surface area (Å²) in [6, 6.07) is 8.52. The van der Waals surface area contributed by atoms with Gasteiger partial charge in [-0.2, -0.15) is 0 Å². The van der Waals surface area contributed by atoms with E-state index in [4.69, 9.17) is 4.74 Å². The Morgan fingerprint density at radius 2 is 1.80 bits per heavy atom. The fourth-order valence-corrected chi connectivity index (χ4v) is 2.22. The molecular weight excluding hydrogens is 258 g/mol. The Morgan fingerprint density at radius 1 is 1.15 bits per heavy atom. The van der Waals surface area contributed by atoms with Gasteiger partial charge >= 0.3 is 5.97 Å². The lowest BCUT2D eigenvalue weighted by molar-refractivity contribution is -0.159. The van der Waals surface area contributed by atoms with Gasteiger partial charge in [-0.05, 0) is 24.8 Å². The van der Waals surface area contributed by atoms with Crippen LogP contribution in [0.5, 0.6) is 0 Å². The molecule has 20 heavy (non-hydrogen) atoms. The number of carbonyl (C=O) groups is 2. The number of benzene rings is 1. The first-order valence-electron chi connectivity index (χ1n) is 6.86. The topological polar surface area (TPSA) is 66.8 Å². The van der Waals surface area contributed by atoms with Gasteiger partial charge in [-0.3, -0.25) is 4.79 Å². The minimum atomic E-state index is -1.34. The van der Waals surface area contributed by atoms with Crippen molar-refractivity contribution in [2.45, 2.75) is 25.4 Å². The van der Waals surface area contributed by atoms with Crippen LogP contribution in [0.15, 0.2) is 30.3 Å². The average molecular weight is 277 g/mol. The van der Waals surface area contributed by atoms with Gasteiger partial charge in [0.05, 0.1) is 0 Å². The van der Waals surface area contributed by atoms with Crippen molar-refractivity contribution in [1.82, 2.24) is 4.90 Å². The van der Waals surface area contributed by atoms with Gasteiger partial charge in [0.1, 0.15) is 0 Å². The molecule has 5 heteroatoms. The van der Waals surface area contributed by atoms with Crippen LogP contribution in [0.1, 0.15) is 30.9 Å². The molecule has 1 amide bonds. The average Bonchev–Trinajstić information content (AvgIpc) is 2.53. The van der Waals surface area contributed by atoms with E-state index in [1.165, 1.54) is 0 Å². The second-order valence-electron chi connectivity index (χ2n) is 4.86. The molecule has 108 valence electrons. The Labute approximate surface area is 118 Å². The molecule has 2 rings (SSSR count). The minimum Gasteiger partial charge on any atom is -0.453 e. The van der Waals surface area contributed by atoms with E-state index in [2.05, 4.69) is 0 Å². The van der Waals surface area contributed by atoms with Crippen LogP contribution in [0.25, 0.3) is 0 Å². The summed E-state index contributed by atoms with van der Waals surface area (Å²) in [4.78, 5) is 25.2. The second-order valence-corrected chi connectivity index (χ2v) is 4.86. The first-order chi connectivity index (χ1) is 9.68. The molecule has 1 aliphatic rings. The number of aliphatic hydroxyl groups excluding tert-OH is 1. The number of esters is 1. The van der Waals surface area contributed by atoms with Crippen molar-refractivity contribution in [3.8, 4) is 0 Å². The number of hydrogen-bond acceptors (Lipinski definition) is 4. The molecule has 1 atom stereocenters. The fraction of sp³-hybridized carbons (Fsp3) is 0.467. The van der Waals surface area contributed by atoms with Gasteiger partial charge < -0.3 is 14.7 Å². The number of rotatable bonds is 4. The third-order valence-electron chi connectivity index (χ3n) is 3.39. The zero-order valence-corrected chi connectivity index (χ0v) is 11.3. The Hall–Kier alpha value is -1.88. The number of hydrogen-bond donors (Lipinski definition) is 1. The summed E-state index contributed by atoms with van der Waals surface area (Å²) in [6.45, 7) is 1.14. The Kier molecular flexibility index (Phi) is 5.12. The molecule has 5 nitrogen and oxygen atoms in total. The van der Waals surface area contributed by atoms with Crippen LogP contribution in [-0.4, -0.2) is 41.6 Å². The standard InChI is InChI=1S/C15H19NO4/c17-13(16-9-5-2-6-10-16)11-20-15(19)14(18)12-7-3-1-4-8-12/h1,3-4,7-8,14,18H,2,5-6,9-11H2. The van der Waals surface area contributed by atoms with E-state index >= 15 is 0 Å². The van der Waals surface area contributed by atoms with Crippen molar-refractivity contribution in [2.75, 3.05) is 19.7 Å². The highest BCUT2D eigenvalue weighted by Crippen LogP contribution is 2.14. The summed E-state index contributed by atoms with van der Waals surface area (Å²) in [6.07, 6.45) is 1.78. The van der Waals surface area contributed by atoms with Gasteiger partial charge in [-0.25, -0.2) is 4.79 Å². The van der Waals surface area contributed by atoms with Crippen LogP contribution in [0.3, 0.4) is 0 Å². The van der Waals surface area contributed by atoms with Gasteiger partial charge in [-0.1, -0.05) is 30.3 Å². The molecule has 0 spiro atoms. The van der Waals surface area contributed by atoms with Crippen LogP contribution in [0.4, 0.5) is 0 Å². The lowest BCUT2D eigenvalue weighted by Gasteiger charge is -2.26. The molecular formula is C15H19NO4. The smallest absolute Gasteiger partial charge is 0.340 e. The molecule has 0 aliphatic carbocycles. The van der Waals surface area contributed by atoms with Crippen molar-refractivity contribution in [3.05, 3.63) is 35.9 Å². The Bertz CT molecular complexity index is 454. The van der Waals surface area contributed by atoms with E-state index in [0.717, 1.165) is 32.4 Å². The van der Waals surface area contributed by atoms with Crippen molar-refractivity contribution in [1.29, 1.82) is 0 Å². The molecule has 1 N–H and O–H groups in total. The zero-order valence-electron chi connectivity index (χ0n) is 11.3. The monoisotopic (exact) mass is 277 g/mol. The van der Waals surface area contributed by atoms with Crippen molar-refractivity contribution >= 4 is 11.9 Å². The van der Waals surface area contributed by atoms with Crippen LogP contribution in [-0.2, 0) is 14.3 Å². The SMILES string of the molecule is O=C(OCC(=O)N1CCCCC1)C(O)c1ccccc1. The second kappa shape index (κ2) is 7.05. The molecule has 1 aromatic carbocycles. The molecule has 1 heterocycles. The number of ether oxygens (including phenoxy) is 1. The predicted molar refractivity (Wildman–Crippen MR) is 72.8 cm³/mol. The van der Waals surface area contributed by atoms with Crippen molar-refractivity contribution < 1.29 is 19.4 Å². The molecule has 1 aliphatic heterocycles. The molecule has 1 aromatic rings. The van der Waals surface area contributed by atoms with Crippen molar-refractivity contribution in [3.63, 3.8) is 0 Å². The van der Waals surface area contributed by atoms with E-state index in [1.54, 1.807) is 35.2 Å². The van der Waals surface area contributed by atoms with Crippen LogP contribution < -0.4 is 0 Å². The third kappa shape index (κ3) is 3.81. The molecule has 1 fully saturated rings. The highest BCUT2D eigenvalue weighted by atomic mass is 16.5. The number of nitrogens with zero attached hydrogens (tertiary/aromatic N) is 1. The predicted octanol–water partition coefficient (Wildman–Crippen LogP) is 1.28. The quantitative estimate of drug-likeness (QED) is 0.842. The normalized spacial score (nSPS) is 16.6. The van der Waals surface area contributed by atoms with E-state index < -0.39 is 12.1 Å².